The Hall–Kier alpha value is -1.47. The number of ether oxygens (including phenoxy) is 1. The minimum Gasteiger partial charge on any atom is -0.492 e. The number of carbonyl (C=O) groups excluding carboxylic acids is 1. The molecule has 2 heterocycles. The van der Waals surface area contributed by atoms with Gasteiger partial charge in [-0.1, -0.05) is 23.7 Å². The molecule has 0 aliphatic carbocycles. The van der Waals surface area contributed by atoms with E-state index in [2.05, 4.69) is 15.3 Å². The van der Waals surface area contributed by atoms with Gasteiger partial charge in [-0.25, -0.2) is 4.98 Å². The molecule has 1 amide bonds. The molecule has 2 N–H and O–H groups in total. The molecule has 1 atom stereocenters. The molecule has 2 aromatic rings. The van der Waals surface area contributed by atoms with E-state index in [4.69, 9.17) is 16.3 Å². The number of rotatable bonds is 6. The normalized spacial score (nSPS) is 15.2. The second-order valence-corrected chi connectivity index (χ2v) is 6.20. The standard InChI is InChI=1S/C17H21ClN4O2.2ClH/c1-22(9-4-10-24-14-6-3-2-5-12(14)18)17(23)16-15-13(7-8-19-16)20-11-21-15;;/h2-3,5-6,11,16,19H,4,7-10H2,1H3,(H,20,21);2*1H. The summed E-state index contributed by atoms with van der Waals surface area (Å²) in [4.78, 5) is 21.7. The van der Waals surface area contributed by atoms with Crippen molar-refractivity contribution < 1.29 is 9.53 Å². The number of likely N-dealkylation sites (N-methyl/N-ethyl adjacent to an activating group) is 1. The van der Waals surface area contributed by atoms with Gasteiger partial charge in [0.2, 0.25) is 5.91 Å². The highest BCUT2D eigenvalue weighted by Gasteiger charge is 2.30. The molecule has 6 nitrogen and oxygen atoms in total. The zero-order chi connectivity index (χ0) is 16.9. The van der Waals surface area contributed by atoms with Crippen LogP contribution in [0.25, 0.3) is 0 Å². The van der Waals surface area contributed by atoms with E-state index in [1.54, 1.807) is 24.3 Å². The van der Waals surface area contributed by atoms with Crippen molar-refractivity contribution in [3.63, 3.8) is 0 Å². The predicted octanol–water partition coefficient (Wildman–Crippen LogP) is 3.02. The van der Waals surface area contributed by atoms with Crippen molar-refractivity contribution in [3.05, 3.63) is 47.0 Å². The molecular formula is C17H23Cl3N4O2. The summed E-state index contributed by atoms with van der Waals surface area (Å²) in [6, 6.07) is 7.01. The fraction of sp³-hybridized carbons (Fsp3) is 0.412. The molecule has 1 aromatic carbocycles. The minimum atomic E-state index is -0.366. The molecule has 0 saturated carbocycles. The van der Waals surface area contributed by atoms with Gasteiger partial charge in [0.15, 0.2) is 0 Å². The van der Waals surface area contributed by atoms with Gasteiger partial charge in [-0.2, -0.15) is 0 Å². The zero-order valence-electron chi connectivity index (χ0n) is 14.4. The summed E-state index contributed by atoms with van der Waals surface area (Å²) >= 11 is 6.05. The lowest BCUT2D eigenvalue weighted by molar-refractivity contribution is -0.132. The van der Waals surface area contributed by atoms with Crippen LogP contribution in [0.4, 0.5) is 0 Å². The van der Waals surface area contributed by atoms with Crippen molar-refractivity contribution >= 4 is 42.3 Å². The first-order chi connectivity index (χ1) is 11.7. The van der Waals surface area contributed by atoms with E-state index < -0.39 is 0 Å². The molecule has 1 unspecified atom stereocenters. The second-order valence-electron chi connectivity index (χ2n) is 5.80. The molecular weight excluding hydrogens is 399 g/mol. The third kappa shape index (κ3) is 5.27. The van der Waals surface area contributed by atoms with Gasteiger partial charge in [-0.05, 0) is 18.6 Å². The minimum absolute atomic E-state index is 0. The van der Waals surface area contributed by atoms with Crippen LogP contribution in [0.15, 0.2) is 30.6 Å². The topological polar surface area (TPSA) is 70.2 Å². The largest absolute Gasteiger partial charge is 0.492 e. The number of aromatic nitrogens is 2. The molecule has 26 heavy (non-hydrogen) atoms. The molecule has 1 aliphatic rings. The number of imidazole rings is 1. The first kappa shape index (κ1) is 22.6. The van der Waals surface area contributed by atoms with Gasteiger partial charge in [-0.15, -0.1) is 24.8 Å². The van der Waals surface area contributed by atoms with Crippen molar-refractivity contribution in [2.24, 2.45) is 0 Å². The third-order valence-corrected chi connectivity index (χ3v) is 4.42. The van der Waals surface area contributed by atoms with Gasteiger partial charge in [0, 0.05) is 32.3 Å². The SMILES string of the molecule is CN(CCCOc1ccccc1Cl)C(=O)C1NCCc2[nH]cnc21.Cl.Cl. The number of halogens is 3. The molecule has 3 rings (SSSR count). The van der Waals surface area contributed by atoms with Gasteiger partial charge >= 0.3 is 0 Å². The Morgan fingerprint density at radius 3 is 2.92 bits per heavy atom. The van der Waals surface area contributed by atoms with E-state index >= 15 is 0 Å². The highest BCUT2D eigenvalue weighted by atomic mass is 35.5. The molecule has 0 spiro atoms. The van der Waals surface area contributed by atoms with Gasteiger partial charge in [-0.3, -0.25) is 4.79 Å². The highest BCUT2D eigenvalue weighted by molar-refractivity contribution is 6.32. The van der Waals surface area contributed by atoms with E-state index in [0.717, 1.165) is 30.8 Å². The first-order valence-electron chi connectivity index (χ1n) is 8.04. The van der Waals surface area contributed by atoms with Crippen LogP contribution in [0.2, 0.25) is 5.02 Å². The van der Waals surface area contributed by atoms with Crippen LogP contribution in [0.1, 0.15) is 23.9 Å². The number of para-hydroxylation sites is 1. The summed E-state index contributed by atoms with van der Waals surface area (Å²) < 4.78 is 5.65. The van der Waals surface area contributed by atoms with Crippen LogP contribution in [-0.2, 0) is 11.2 Å². The van der Waals surface area contributed by atoms with Crippen molar-refractivity contribution in [2.75, 3.05) is 26.7 Å². The first-order valence-corrected chi connectivity index (χ1v) is 8.42. The van der Waals surface area contributed by atoms with E-state index in [1.807, 2.05) is 18.2 Å². The number of carbonyl (C=O) groups is 1. The van der Waals surface area contributed by atoms with E-state index in [0.29, 0.717) is 23.9 Å². The molecule has 1 aliphatic heterocycles. The fourth-order valence-electron chi connectivity index (χ4n) is 2.80. The van der Waals surface area contributed by atoms with Crippen LogP contribution in [0, 0.1) is 0 Å². The number of benzene rings is 1. The van der Waals surface area contributed by atoms with Crippen LogP contribution < -0.4 is 10.1 Å². The monoisotopic (exact) mass is 420 g/mol. The number of hydrogen-bond acceptors (Lipinski definition) is 4. The summed E-state index contributed by atoms with van der Waals surface area (Å²) in [5.41, 5.74) is 1.85. The summed E-state index contributed by atoms with van der Waals surface area (Å²) in [5.74, 6) is 0.698. The van der Waals surface area contributed by atoms with Crippen LogP contribution in [0.5, 0.6) is 5.75 Å². The number of nitrogens with zero attached hydrogens (tertiary/aromatic N) is 2. The predicted molar refractivity (Wildman–Crippen MR) is 107 cm³/mol. The Balaban J connectivity index is 0.00000169. The van der Waals surface area contributed by atoms with Gasteiger partial charge in [0.05, 0.1) is 23.7 Å². The fourth-order valence-corrected chi connectivity index (χ4v) is 2.99. The van der Waals surface area contributed by atoms with Crippen LogP contribution >= 0.6 is 36.4 Å². The maximum atomic E-state index is 12.6. The third-order valence-electron chi connectivity index (χ3n) is 4.10. The van der Waals surface area contributed by atoms with Gasteiger partial charge in [0.1, 0.15) is 11.8 Å². The lowest BCUT2D eigenvalue weighted by Gasteiger charge is -2.27. The van der Waals surface area contributed by atoms with Crippen LogP contribution in [-0.4, -0.2) is 47.5 Å². The zero-order valence-corrected chi connectivity index (χ0v) is 16.8. The van der Waals surface area contributed by atoms with Crippen molar-refractivity contribution in [2.45, 2.75) is 18.9 Å². The second kappa shape index (κ2) is 10.6. The summed E-state index contributed by atoms with van der Waals surface area (Å²) in [7, 11) is 1.81. The van der Waals surface area contributed by atoms with E-state index in [-0.39, 0.29) is 36.8 Å². The lowest BCUT2D eigenvalue weighted by atomic mass is 10.0. The lowest BCUT2D eigenvalue weighted by Crippen LogP contribution is -2.42. The number of nitrogens with one attached hydrogen (secondary N) is 2. The molecule has 0 bridgehead atoms. The molecule has 0 fully saturated rings. The van der Waals surface area contributed by atoms with Gasteiger partial charge < -0.3 is 19.9 Å². The Kier molecular flexibility index (Phi) is 9.22. The van der Waals surface area contributed by atoms with Crippen molar-refractivity contribution in [1.29, 1.82) is 0 Å². The molecule has 9 heteroatoms. The quantitative estimate of drug-likeness (QED) is 0.703. The molecule has 0 radical (unpaired) electrons. The summed E-state index contributed by atoms with van der Waals surface area (Å²) in [6.07, 6.45) is 3.25. The van der Waals surface area contributed by atoms with E-state index in [1.165, 1.54) is 0 Å². The molecule has 0 saturated heterocycles. The smallest absolute Gasteiger partial charge is 0.245 e. The van der Waals surface area contributed by atoms with Gasteiger partial charge in [0.25, 0.3) is 0 Å². The maximum absolute atomic E-state index is 12.6. The summed E-state index contributed by atoms with van der Waals surface area (Å²) in [6.45, 7) is 1.89. The Morgan fingerprint density at radius 2 is 2.15 bits per heavy atom. The molecule has 1 aromatic heterocycles. The number of amides is 1. The average Bonchev–Trinajstić information content (AvgIpc) is 3.08. The number of aromatic amines is 1. The Morgan fingerprint density at radius 1 is 1.38 bits per heavy atom. The summed E-state index contributed by atoms with van der Waals surface area (Å²) in [5, 5.41) is 3.84. The highest BCUT2D eigenvalue weighted by Crippen LogP contribution is 2.23. The van der Waals surface area contributed by atoms with Crippen molar-refractivity contribution in [1.82, 2.24) is 20.2 Å². The van der Waals surface area contributed by atoms with E-state index in [9.17, 15) is 4.79 Å². The van der Waals surface area contributed by atoms with Crippen LogP contribution in [0.3, 0.4) is 0 Å². The van der Waals surface area contributed by atoms with Crippen molar-refractivity contribution in [3.8, 4) is 5.75 Å². The Bertz CT molecular complexity index is 711. The number of fused-ring (bicyclic) bond motifs is 1. The average molecular weight is 422 g/mol. The molecule has 144 valence electrons. The number of hydrogen-bond donors (Lipinski definition) is 2. The Labute approximate surface area is 170 Å². The maximum Gasteiger partial charge on any atom is 0.245 e. The number of H-pyrrole nitrogens is 1.